The minimum atomic E-state index is 0.766. The van der Waals surface area contributed by atoms with Crippen LogP contribution in [0, 0.1) is 11.8 Å². The topological polar surface area (TPSA) is 12.0 Å². The van der Waals surface area contributed by atoms with E-state index in [2.05, 4.69) is 24.4 Å². The first-order valence-corrected chi connectivity index (χ1v) is 4.74. The molecule has 0 amide bonds. The van der Waals surface area contributed by atoms with Crippen molar-refractivity contribution >= 4 is 0 Å². The molecule has 0 aromatic heterocycles. The minimum absolute atomic E-state index is 0.766. The molecule has 0 aromatic rings. The lowest BCUT2D eigenvalue weighted by Gasteiger charge is -2.10. The second-order valence-corrected chi connectivity index (χ2v) is 4.02. The fourth-order valence-corrected chi connectivity index (χ4v) is 1.79. The van der Waals surface area contributed by atoms with Crippen molar-refractivity contribution < 1.29 is 0 Å². The lowest BCUT2D eigenvalue weighted by molar-refractivity contribution is 0.509. The van der Waals surface area contributed by atoms with Gasteiger partial charge >= 0.3 is 0 Å². The van der Waals surface area contributed by atoms with Gasteiger partial charge < -0.3 is 5.32 Å². The summed E-state index contributed by atoms with van der Waals surface area (Å²) in [6.45, 7) is 3.60. The molecule has 0 aliphatic heterocycles. The van der Waals surface area contributed by atoms with Crippen LogP contribution in [0.25, 0.3) is 0 Å². The van der Waals surface area contributed by atoms with Gasteiger partial charge in [0, 0.05) is 6.04 Å². The van der Waals surface area contributed by atoms with Gasteiger partial charge in [0.05, 0.1) is 0 Å². The van der Waals surface area contributed by atoms with E-state index in [9.17, 15) is 0 Å². The van der Waals surface area contributed by atoms with Gasteiger partial charge in [-0.2, -0.15) is 0 Å². The van der Waals surface area contributed by atoms with Crippen LogP contribution in [0.4, 0.5) is 0 Å². The Morgan fingerprint density at radius 2 is 2.00 bits per heavy atom. The van der Waals surface area contributed by atoms with Gasteiger partial charge in [0.1, 0.15) is 0 Å². The van der Waals surface area contributed by atoms with E-state index in [-0.39, 0.29) is 0 Å². The summed E-state index contributed by atoms with van der Waals surface area (Å²) in [7, 11) is 0. The number of hydrogen-bond donors (Lipinski definition) is 1. The number of nitrogens with one attached hydrogen (secondary N) is 1. The summed E-state index contributed by atoms with van der Waals surface area (Å²) in [4.78, 5) is 0. The van der Waals surface area contributed by atoms with Gasteiger partial charge in [0.2, 0.25) is 0 Å². The van der Waals surface area contributed by atoms with E-state index in [4.69, 9.17) is 0 Å². The average molecular weight is 151 g/mol. The SMILES string of the molecule is CC1CC1CNC1CC=CC1. The Morgan fingerprint density at radius 3 is 2.55 bits per heavy atom. The van der Waals surface area contributed by atoms with Crippen LogP contribution in [0.5, 0.6) is 0 Å². The van der Waals surface area contributed by atoms with Gasteiger partial charge in [-0.1, -0.05) is 19.1 Å². The molecule has 2 aliphatic rings. The van der Waals surface area contributed by atoms with Gasteiger partial charge in [0.15, 0.2) is 0 Å². The Bertz CT molecular complexity index is 154. The third-order valence-corrected chi connectivity index (χ3v) is 2.95. The fourth-order valence-electron chi connectivity index (χ4n) is 1.79. The molecule has 1 saturated carbocycles. The molecule has 1 nitrogen and oxygen atoms in total. The normalized spacial score (nSPS) is 36.5. The number of rotatable bonds is 3. The zero-order valence-electron chi connectivity index (χ0n) is 7.22. The molecular formula is C10H17N. The highest BCUT2D eigenvalue weighted by atomic mass is 14.9. The molecule has 2 atom stereocenters. The van der Waals surface area contributed by atoms with E-state index < -0.39 is 0 Å². The maximum atomic E-state index is 3.61. The molecule has 1 fully saturated rings. The third-order valence-electron chi connectivity index (χ3n) is 2.95. The maximum absolute atomic E-state index is 3.61. The first-order chi connectivity index (χ1) is 5.36. The van der Waals surface area contributed by atoms with Crippen LogP contribution < -0.4 is 5.32 Å². The summed E-state index contributed by atoms with van der Waals surface area (Å²) < 4.78 is 0. The van der Waals surface area contributed by atoms with Gasteiger partial charge in [-0.05, 0) is 37.6 Å². The molecule has 11 heavy (non-hydrogen) atoms. The Hall–Kier alpha value is -0.300. The molecule has 2 unspecified atom stereocenters. The second kappa shape index (κ2) is 2.98. The predicted octanol–water partition coefficient (Wildman–Crippen LogP) is 1.95. The summed E-state index contributed by atoms with van der Waals surface area (Å²) in [6, 6.07) is 0.766. The highest BCUT2D eigenvalue weighted by molar-refractivity contribution is 4.98. The molecule has 2 rings (SSSR count). The smallest absolute Gasteiger partial charge is 0.0136 e. The van der Waals surface area contributed by atoms with Crippen LogP contribution >= 0.6 is 0 Å². The zero-order valence-corrected chi connectivity index (χ0v) is 7.22. The first-order valence-electron chi connectivity index (χ1n) is 4.74. The number of hydrogen-bond acceptors (Lipinski definition) is 1. The molecular weight excluding hydrogens is 134 g/mol. The summed E-state index contributed by atoms with van der Waals surface area (Å²) in [6.07, 6.45) is 8.53. The van der Waals surface area contributed by atoms with E-state index in [1.54, 1.807) is 0 Å². The van der Waals surface area contributed by atoms with Crippen LogP contribution in [0.3, 0.4) is 0 Å². The van der Waals surface area contributed by atoms with Crippen molar-refractivity contribution in [3.8, 4) is 0 Å². The van der Waals surface area contributed by atoms with E-state index in [1.165, 1.54) is 25.8 Å². The summed E-state index contributed by atoms with van der Waals surface area (Å²) in [5.41, 5.74) is 0. The Balaban J connectivity index is 1.60. The summed E-state index contributed by atoms with van der Waals surface area (Å²) in [5, 5.41) is 3.61. The highest BCUT2D eigenvalue weighted by Crippen LogP contribution is 2.36. The lowest BCUT2D eigenvalue weighted by atomic mass is 10.2. The van der Waals surface area contributed by atoms with E-state index >= 15 is 0 Å². The molecule has 62 valence electrons. The molecule has 0 saturated heterocycles. The van der Waals surface area contributed by atoms with Gasteiger partial charge in [-0.15, -0.1) is 0 Å². The Morgan fingerprint density at radius 1 is 1.36 bits per heavy atom. The van der Waals surface area contributed by atoms with Crippen LogP contribution in [-0.4, -0.2) is 12.6 Å². The van der Waals surface area contributed by atoms with Crippen molar-refractivity contribution in [2.75, 3.05) is 6.54 Å². The third kappa shape index (κ3) is 1.84. The van der Waals surface area contributed by atoms with Crippen LogP contribution in [0.2, 0.25) is 0 Å². The van der Waals surface area contributed by atoms with Crippen molar-refractivity contribution in [3.63, 3.8) is 0 Å². The lowest BCUT2D eigenvalue weighted by Crippen LogP contribution is -2.28. The van der Waals surface area contributed by atoms with Gasteiger partial charge in [0.25, 0.3) is 0 Å². The fraction of sp³-hybridized carbons (Fsp3) is 0.800. The zero-order chi connectivity index (χ0) is 7.68. The molecule has 0 bridgehead atoms. The minimum Gasteiger partial charge on any atom is -0.313 e. The van der Waals surface area contributed by atoms with Gasteiger partial charge in [-0.3, -0.25) is 0 Å². The van der Waals surface area contributed by atoms with Gasteiger partial charge in [-0.25, -0.2) is 0 Å². The molecule has 0 aromatic carbocycles. The molecule has 0 radical (unpaired) electrons. The van der Waals surface area contributed by atoms with Crippen LogP contribution in [0.15, 0.2) is 12.2 Å². The van der Waals surface area contributed by atoms with Crippen molar-refractivity contribution in [2.45, 2.75) is 32.2 Å². The quantitative estimate of drug-likeness (QED) is 0.608. The average Bonchev–Trinajstić information content (AvgIpc) is 2.55. The van der Waals surface area contributed by atoms with Crippen molar-refractivity contribution in [2.24, 2.45) is 11.8 Å². The molecule has 0 spiro atoms. The van der Waals surface area contributed by atoms with E-state index in [0.717, 1.165) is 17.9 Å². The first kappa shape index (κ1) is 7.35. The van der Waals surface area contributed by atoms with Crippen LogP contribution in [-0.2, 0) is 0 Å². The Labute approximate surface area is 68.9 Å². The largest absolute Gasteiger partial charge is 0.313 e. The van der Waals surface area contributed by atoms with Crippen molar-refractivity contribution in [1.82, 2.24) is 5.32 Å². The van der Waals surface area contributed by atoms with Crippen molar-refractivity contribution in [1.29, 1.82) is 0 Å². The Kier molecular flexibility index (Phi) is 1.99. The molecule has 1 heteroatoms. The molecule has 2 aliphatic carbocycles. The maximum Gasteiger partial charge on any atom is 0.0136 e. The standard InChI is InChI=1S/C10H17N/c1-8-6-9(8)7-11-10-4-2-3-5-10/h2-3,8-11H,4-7H2,1H3. The monoisotopic (exact) mass is 151 g/mol. The van der Waals surface area contributed by atoms with E-state index in [1.807, 2.05) is 0 Å². The molecule has 1 N–H and O–H groups in total. The molecule has 0 heterocycles. The van der Waals surface area contributed by atoms with E-state index in [0.29, 0.717) is 0 Å². The van der Waals surface area contributed by atoms with Crippen molar-refractivity contribution in [3.05, 3.63) is 12.2 Å². The predicted molar refractivity (Wildman–Crippen MR) is 47.4 cm³/mol. The van der Waals surface area contributed by atoms with Crippen LogP contribution in [0.1, 0.15) is 26.2 Å². The summed E-state index contributed by atoms with van der Waals surface area (Å²) >= 11 is 0. The highest BCUT2D eigenvalue weighted by Gasteiger charge is 2.32. The summed E-state index contributed by atoms with van der Waals surface area (Å²) in [5.74, 6) is 1.99. The second-order valence-electron chi connectivity index (χ2n) is 4.02.